The number of carbonyl (C=O) groups excluding carboxylic acids is 1. The van der Waals surface area contributed by atoms with Crippen LogP contribution in [0.2, 0.25) is 0 Å². The summed E-state index contributed by atoms with van der Waals surface area (Å²) < 4.78 is 1.99. The summed E-state index contributed by atoms with van der Waals surface area (Å²) in [6.07, 6.45) is 1.81. The van der Waals surface area contributed by atoms with Crippen molar-refractivity contribution in [2.24, 2.45) is 0 Å². The number of nitrogens with zero attached hydrogens (tertiary/aromatic N) is 1. The van der Waals surface area contributed by atoms with Gasteiger partial charge in [0.05, 0.1) is 3.79 Å². The summed E-state index contributed by atoms with van der Waals surface area (Å²) in [5.74, 6) is -0.0712. The number of halogens is 2. The van der Waals surface area contributed by atoms with Crippen LogP contribution in [0.3, 0.4) is 0 Å². The number of likely N-dealkylation sites (N-methyl/N-ethyl adjacent to an activating group) is 1. The largest absolute Gasteiger partial charge is 0.328 e. The van der Waals surface area contributed by atoms with E-state index in [4.69, 9.17) is 12.2 Å². The standard InChI is InChI=1S/C10H8Br2N2OS2/c1-2-14-9(15)7(13-10(14)16)4-5-3-6(11)8(12)17-5/h3-4H,2H2,1H3,(H,13,16)/b7-4+. The third kappa shape index (κ3) is 2.62. The number of rotatable bonds is 2. The maximum Gasteiger partial charge on any atom is 0.276 e. The van der Waals surface area contributed by atoms with Crippen LogP contribution in [0.1, 0.15) is 11.8 Å². The monoisotopic (exact) mass is 394 g/mol. The maximum atomic E-state index is 11.9. The molecule has 0 bridgehead atoms. The Morgan fingerprint density at radius 2 is 2.29 bits per heavy atom. The second-order valence-electron chi connectivity index (χ2n) is 3.31. The number of thiophene rings is 1. The minimum Gasteiger partial charge on any atom is -0.328 e. The Morgan fingerprint density at radius 1 is 1.59 bits per heavy atom. The van der Waals surface area contributed by atoms with Crippen molar-refractivity contribution >= 4 is 72.5 Å². The smallest absolute Gasteiger partial charge is 0.276 e. The Labute approximate surface area is 125 Å². The molecule has 1 fully saturated rings. The van der Waals surface area contributed by atoms with Crippen LogP contribution < -0.4 is 5.32 Å². The van der Waals surface area contributed by atoms with Crippen molar-refractivity contribution in [3.63, 3.8) is 0 Å². The molecule has 0 aromatic carbocycles. The fraction of sp³-hybridized carbons (Fsp3) is 0.200. The van der Waals surface area contributed by atoms with Crippen LogP contribution >= 0.6 is 55.4 Å². The van der Waals surface area contributed by atoms with Crippen LogP contribution in [0.5, 0.6) is 0 Å². The molecule has 0 aliphatic carbocycles. The van der Waals surface area contributed by atoms with Crippen LogP contribution in [0.25, 0.3) is 6.08 Å². The van der Waals surface area contributed by atoms with Gasteiger partial charge < -0.3 is 5.32 Å². The van der Waals surface area contributed by atoms with E-state index >= 15 is 0 Å². The van der Waals surface area contributed by atoms with Crippen molar-refractivity contribution in [3.8, 4) is 0 Å². The normalized spacial score (nSPS) is 18.1. The zero-order chi connectivity index (χ0) is 12.6. The minimum atomic E-state index is -0.0712. The van der Waals surface area contributed by atoms with Crippen molar-refractivity contribution in [1.82, 2.24) is 10.2 Å². The fourth-order valence-electron chi connectivity index (χ4n) is 1.44. The Kier molecular flexibility index (Phi) is 4.02. The van der Waals surface area contributed by atoms with Gasteiger partial charge in [-0.05, 0) is 63.1 Å². The third-order valence-electron chi connectivity index (χ3n) is 2.23. The van der Waals surface area contributed by atoms with Gasteiger partial charge in [-0.3, -0.25) is 9.69 Å². The van der Waals surface area contributed by atoms with Crippen LogP contribution in [0.15, 0.2) is 20.0 Å². The van der Waals surface area contributed by atoms with E-state index in [2.05, 4.69) is 37.2 Å². The zero-order valence-corrected chi connectivity index (χ0v) is 13.6. The van der Waals surface area contributed by atoms with Crippen molar-refractivity contribution in [2.45, 2.75) is 6.92 Å². The van der Waals surface area contributed by atoms with Gasteiger partial charge in [-0.15, -0.1) is 11.3 Å². The molecule has 1 aliphatic rings. The highest BCUT2D eigenvalue weighted by Crippen LogP contribution is 2.33. The number of nitrogens with one attached hydrogen (secondary N) is 1. The first-order valence-corrected chi connectivity index (χ1v) is 7.63. The average molecular weight is 396 g/mol. The van der Waals surface area contributed by atoms with Crippen LogP contribution in [0.4, 0.5) is 0 Å². The van der Waals surface area contributed by atoms with E-state index in [9.17, 15) is 4.79 Å². The third-order valence-corrected chi connectivity index (χ3v) is 5.76. The molecular weight excluding hydrogens is 388 g/mol. The van der Waals surface area contributed by atoms with Gasteiger partial charge in [0.15, 0.2) is 5.11 Å². The first kappa shape index (κ1) is 13.2. The highest BCUT2D eigenvalue weighted by molar-refractivity contribution is 9.13. The summed E-state index contributed by atoms with van der Waals surface area (Å²) in [7, 11) is 0. The molecule has 0 unspecified atom stereocenters. The maximum absolute atomic E-state index is 11.9. The molecule has 17 heavy (non-hydrogen) atoms. The van der Waals surface area contributed by atoms with E-state index in [-0.39, 0.29) is 5.91 Å². The molecule has 7 heteroatoms. The summed E-state index contributed by atoms with van der Waals surface area (Å²) in [6, 6.07) is 1.95. The molecule has 0 saturated carbocycles. The van der Waals surface area contributed by atoms with Crippen LogP contribution in [-0.2, 0) is 4.79 Å². The quantitative estimate of drug-likeness (QED) is 0.615. The molecular formula is C10H8Br2N2OS2. The van der Waals surface area contributed by atoms with Crippen molar-refractivity contribution < 1.29 is 4.79 Å². The average Bonchev–Trinajstić information content (AvgIpc) is 2.70. The molecule has 0 atom stereocenters. The number of carbonyl (C=O) groups is 1. The molecule has 0 radical (unpaired) electrons. The lowest BCUT2D eigenvalue weighted by molar-refractivity contribution is -0.122. The first-order valence-electron chi connectivity index (χ1n) is 4.82. The number of hydrogen-bond acceptors (Lipinski definition) is 3. The van der Waals surface area contributed by atoms with E-state index in [0.29, 0.717) is 17.4 Å². The van der Waals surface area contributed by atoms with Crippen molar-refractivity contribution in [2.75, 3.05) is 6.54 Å². The summed E-state index contributed by atoms with van der Waals surface area (Å²) >= 11 is 13.5. The lowest BCUT2D eigenvalue weighted by atomic mass is 10.3. The SMILES string of the molecule is CCN1C(=O)/C(=C\c2cc(Br)c(Br)s2)NC1=S. The van der Waals surface area contributed by atoms with Gasteiger partial charge in [0, 0.05) is 15.9 Å². The predicted octanol–water partition coefficient (Wildman–Crippen LogP) is 3.35. The lowest BCUT2D eigenvalue weighted by Gasteiger charge is -2.08. The minimum absolute atomic E-state index is 0.0712. The van der Waals surface area contributed by atoms with Gasteiger partial charge >= 0.3 is 0 Å². The van der Waals surface area contributed by atoms with Crippen LogP contribution in [0, 0.1) is 0 Å². The molecule has 1 aromatic rings. The summed E-state index contributed by atoms with van der Waals surface area (Å²) in [5.41, 5.74) is 0.526. The first-order chi connectivity index (χ1) is 8.02. The molecule has 3 nitrogen and oxygen atoms in total. The zero-order valence-electron chi connectivity index (χ0n) is 8.79. The molecule has 1 aliphatic heterocycles. The van der Waals surface area contributed by atoms with Crippen molar-refractivity contribution in [3.05, 3.63) is 24.9 Å². The summed E-state index contributed by atoms with van der Waals surface area (Å²) in [6.45, 7) is 2.48. The number of hydrogen-bond donors (Lipinski definition) is 1. The van der Waals surface area contributed by atoms with Gasteiger partial charge in [-0.2, -0.15) is 0 Å². The molecule has 0 spiro atoms. The summed E-state index contributed by atoms with van der Waals surface area (Å²) in [5, 5.41) is 3.40. The highest BCUT2D eigenvalue weighted by atomic mass is 79.9. The van der Waals surface area contributed by atoms with Gasteiger partial charge in [-0.1, -0.05) is 0 Å². The van der Waals surface area contributed by atoms with E-state index < -0.39 is 0 Å². The van der Waals surface area contributed by atoms with Crippen molar-refractivity contribution in [1.29, 1.82) is 0 Å². The topological polar surface area (TPSA) is 32.3 Å². The Balaban J connectivity index is 2.30. The Morgan fingerprint density at radius 3 is 2.76 bits per heavy atom. The highest BCUT2D eigenvalue weighted by Gasteiger charge is 2.29. The second-order valence-corrected chi connectivity index (χ2v) is 6.95. The molecule has 1 aromatic heterocycles. The van der Waals surface area contributed by atoms with Crippen LogP contribution in [-0.4, -0.2) is 22.5 Å². The van der Waals surface area contributed by atoms with E-state index in [1.54, 1.807) is 16.2 Å². The predicted molar refractivity (Wildman–Crippen MR) is 80.8 cm³/mol. The van der Waals surface area contributed by atoms with Gasteiger partial charge in [0.2, 0.25) is 0 Å². The summed E-state index contributed by atoms with van der Waals surface area (Å²) in [4.78, 5) is 14.5. The second kappa shape index (κ2) is 5.17. The Bertz CT molecular complexity index is 505. The van der Waals surface area contributed by atoms with E-state index in [1.807, 2.05) is 19.1 Å². The molecule has 1 N–H and O–H groups in total. The van der Waals surface area contributed by atoms with Gasteiger partial charge in [-0.25, -0.2) is 0 Å². The fourth-order valence-corrected chi connectivity index (χ4v) is 3.79. The van der Waals surface area contributed by atoms with E-state index in [0.717, 1.165) is 13.1 Å². The molecule has 2 rings (SSSR count). The molecule has 1 saturated heterocycles. The lowest BCUT2D eigenvalue weighted by Crippen LogP contribution is -2.30. The Hall–Kier alpha value is -0.240. The van der Waals surface area contributed by atoms with Gasteiger partial charge in [0.1, 0.15) is 5.70 Å². The molecule has 90 valence electrons. The number of thiocarbonyl (C=S) groups is 1. The number of amides is 1. The van der Waals surface area contributed by atoms with E-state index in [1.165, 1.54) is 0 Å². The molecule has 2 heterocycles. The van der Waals surface area contributed by atoms with Gasteiger partial charge in [0.25, 0.3) is 5.91 Å². The molecule has 1 amide bonds.